The summed E-state index contributed by atoms with van der Waals surface area (Å²) in [5.74, 6) is -1.14. The highest BCUT2D eigenvalue weighted by molar-refractivity contribution is 9.10. The lowest BCUT2D eigenvalue weighted by molar-refractivity contribution is 0.0168. The lowest BCUT2D eigenvalue weighted by atomic mass is 10.2. The molecule has 0 aliphatic heterocycles. The predicted molar refractivity (Wildman–Crippen MR) is 98.1 cm³/mol. The standard InChI is InChI=1S/C16H13BrClFN4O3/c17-9-1-2-12(11(19)7-9)21-14-10(16(25)22-26-6-5-24)8-23-4-3-20-15(23)13(14)18/h1-4,7-8,21,24H,5-6H2,(H,22,25). The Bertz CT molecular complexity index is 966. The molecule has 7 nitrogen and oxygen atoms in total. The SMILES string of the molecule is O=C(NOCCO)c1cn2ccnc2c(Cl)c1Nc1ccc(Br)cc1F. The molecule has 2 aromatic heterocycles. The number of halogens is 3. The van der Waals surface area contributed by atoms with Crippen molar-refractivity contribution >= 4 is 50.5 Å². The summed E-state index contributed by atoms with van der Waals surface area (Å²) in [6.07, 6.45) is 4.64. The van der Waals surface area contributed by atoms with Crippen LogP contribution in [0.4, 0.5) is 15.8 Å². The number of benzene rings is 1. The molecular weight excluding hydrogens is 431 g/mol. The lowest BCUT2D eigenvalue weighted by Gasteiger charge is -2.15. The number of nitrogens with zero attached hydrogens (tertiary/aromatic N) is 2. The van der Waals surface area contributed by atoms with Gasteiger partial charge in [0.25, 0.3) is 5.91 Å². The maximum absolute atomic E-state index is 14.2. The molecule has 1 aromatic carbocycles. The predicted octanol–water partition coefficient (Wildman–Crippen LogP) is 3.29. The van der Waals surface area contributed by atoms with Crippen LogP contribution in [0.5, 0.6) is 0 Å². The van der Waals surface area contributed by atoms with Gasteiger partial charge in [0.15, 0.2) is 5.65 Å². The summed E-state index contributed by atoms with van der Waals surface area (Å²) < 4.78 is 16.3. The number of aromatic nitrogens is 2. The Hall–Kier alpha value is -2.20. The monoisotopic (exact) mass is 442 g/mol. The second kappa shape index (κ2) is 8.00. The maximum atomic E-state index is 14.2. The van der Waals surface area contributed by atoms with Gasteiger partial charge in [0, 0.05) is 23.1 Å². The maximum Gasteiger partial charge on any atom is 0.278 e. The molecule has 3 rings (SSSR count). The van der Waals surface area contributed by atoms with Gasteiger partial charge in [-0.2, -0.15) is 0 Å². The van der Waals surface area contributed by atoms with Crippen molar-refractivity contribution in [2.75, 3.05) is 18.5 Å². The number of rotatable bonds is 6. The van der Waals surface area contributed by atoms with Crippen molar-refractivity contribution in [2.45, 2.75) is 0 Å². The Morgan fingerprint density at radius 2 is 2.27 bits per heavy atom. The molecule has 3 aromatic rings. The molecule has 0 spiro atoms. The number of imidazole rings is 1. The third-order valence-corrected chi connectivity index (χ3v) is 4.27. The van der Waals surface area contributed by atoms with Gasteiger partial charge in [-0.05, 0) is 18.2 Å². The van der Waals surface area contributed by atoms with Crippen LogP contribution in [0.1, 0.15) is 10.4 Å². The molecule has 0 radical (unpaired) electrons. The summed E-state index contributed by atoms with van der Waals surface area (Å²) in [7, 11) is 0. The second-order valence-electron chi connectivity index (χ2n) is 5.14. The van der Waals surface area contributed by atoms with Gasteiger partial charge in [-0.1, -0.05) is 27.5 Å². The fourth-order valence-electron chi connectivity index (χ4n) is 2.26. The Morgan fingerprint density at radius 1 is 1.46 bits per heavy atom. The Morgan fingerprint density at radius 3 is 3.00 bits per heavy atom. The average Bonchev–Trinajstić information content (AvgIpc) is 3.08. The fourth-order valence-corrected chi connectivity index (χ4v) is 2.89. The number of nitrogens with one attached hydrogen (secondary N) is 2. The van der Waals surface area contributed by atoms with E-state index in [1.165, 1.54) is 24.5 Å². The van der Waals surface area contributed by atoms with Gasteiger partial charge in [-0.3, -0.25) is 9.63 Å². The van der Waals surface area contributed by atoms with E-state index in [0.717, 1.165) is 0 Å². The number of pyridine rings is 1. The fraction of sp³-hybridized carbons (Fsp3) is 0.125. The zero-order chi connectivity index (χ0) is 18.7. The van der Waals surface area contributed by atoms with E-state index in [1.54, 1.807) is 16.7 Å². The summed E-state index contributed by atoms with van der Waals surface area (Å²) in [6, 6.07) is 4.45. The Labute approximate surface area is 160 Å². The molecule has 0 aliphatic carbocycles. The molecule has 0 unspecified atom stereocenters. The number of amides is 1. The summed E-state index contributed by atoms with van der Waals surface area (Å²) in [5, 5.41) is 11.7. The Kier molecular flexibility index (Phi) is 5.72. The van der Waals surface area contributed by atoms with Crippen LogP contribution >= 0.6 is 27.5 Å². The first-order valence-corrected chi connectivity index (χ1v) is 8.58. The first-order chi connectivity index (χ1) is 12.5. The van der Waals surface area contributed by atoms with Crippen LogP contribution in [-0.4, -0.2) is 33.6 Å². The minimum atomic E-state index is -0.615. The van der Waals surface area contributed by atoms with Crippen LogP contribution in [0.2, 0.25) is 5.02 Å². The van der Waals surface area contributed by atoms with E-state index in [0.29, 0.717) is 10.1 Å². The van der Waals surface area contributed by atoms with Crippen molar-refractivity contribution in [3.8, 4) is 0 Å². The topological polar surface area (TPSA) is 87.9 Å². The number of carbonyl (C=O) groups is 1. The van der Waals surface area contributed by atoms with Gasteiger partial charge in [0.05, 0.1) is 30.2 Å². The molecule has 0 fully saturated rings. The third kappa shape index (κ3) is 3.80. The number of hydroxylamine groups is 1. The minimum absolute atomic E-state index is 0.0725. The smallest absolute Gasteiger partial charge is 0.278 e. The van der Waals surface area contributed by atoms with Crippen LogP contribution < -0.4 is 10.8 Å². The highest BCUT2D eigenvalue weighted by atomic mass is 79.9. The van der Waals surface area contributed by atoms with E-state index in [4.69, 9.17) is 21.5 Å². The molecule has 136 valence electrons. The zero-order valence-electron chi connectivity index (χ0n) is 13.2. The number of hydrogen-bond acceptors (Lipinski definition) is 5. The van der Waals surface area contributed by atoms with Gasteiger partial charge in [0.2, 0.25) is 0 Å². The highest BCUT2D eigenvalue weighted by Crippen LogP contribution is 2.33. The quantitative estimate of drug-likeness (QED) is 0.402. The molecule has 2 heterocycles. The summed E-state index contributed by atoms with van der Waals surface area (Å²) in [5.41, 5.74) is 3.03. The second-order valence-corrected chi connectivity index (χ2v) is 6.44. The van der Waals surface area contributed by atoms with Crippen molar-refractivity contribution in [1.29, 1.82) is 0 Å². The molecule has 3 N–H and O–H groups in total. The van der Waals surface area contributed by atoms with Gasteiger partial charge in [-0.15, -0.1) is 0 Å². The number of fused-ring (bicyclic) bond motifs is 1. The summed E-state index contributed by atoms with van der Waals surface area (Å²) in [6.45, 7) is -0.326. The largest absolute Gasteiger partial charge is 0.394 e. The third-order valence-electron chi connectivity index (χ3n) is 3.42. The molecule has 0 atom stereocenters. The lowest BCUT2D eigenvalue weighted by Crippen LogP contribution is -2.26. The van der Waals surface area contributed by atoms with Gasteiger partial charge in [-0.25, -0.2) is 14.9 Å². The van der Waals surface area contributed by atoms with E-state index in [9.17, 15) is 9.18 Å². The van der Waals surface area contributed by atoms with Crippen molar-refractivity contribution in [1.82, 2.24) is 14.9 Å². The molecule has 0 bridgehead atoms. The average molecular weight is 444 g/mol. The first-order valence-electron chi connectivity index (χ1n) is 7.41. The van der Waals surface area contributed by atoms with Crippen LogP contribution in [0.15, 0.2) is 41.3 Å². The minimum Gasteiger partial charge on any atom is -0.394 e. The van der Waals surface area contributed by atoms with Gasteiger partial charge >= 0.3 is 0 Å². The van der Waals surface area contributed by atoms with Crippen molar-refractivity contribution < 1.29 is 19.1 Å². The number of anilines is 2. The van der Waals surface area contributed by atoms with E-state index < -0.39 is 11.7 Å². The molecule has 0 aliphatic rings. The number of hydrogen-bond donors (Lipinski definition) is 3. The summed E-state index contributed by atoms with van der Waals surface area (Å²) >= 11 is 9.58. The molecule has 26 heavy (non-hydrogen) atoms. The van der Waals surface area contributed by atoms with Crippen LogP contribution in [0.3, 0.4) is 0 Å². The number of aliphatic hydroxyl groups excluding tert-OH is 1. The molecule has 0 saturated heterocycles. The highest BCUT2D eigenvalue weighted by Gasteiger charge is 2.20. The van der Waals surface area contributed by atoms with E-state index in [1.807, 2.05) is 0 Å². The molecule has 1 amide bonds. The normalized spacial score (nSPS) is 10.9. The van der Waals surface area contributed by atoms with E-state index in [-0.39, 0.29) is 35.2 Å². The van der Waals surface area contributed by atoms with E-state index >= 15 is 0 Å². The van der Waals surface area contributed by atoms with Gasteiger partial charge in [0.1, 0.15) is 10.8 Å². The van der Waals surface area contributed by atoms with Crippen molar-refractivity contribution in [2.24, 2.45) is 0 Å². The van der Waals surface area contributed by atoms with Crippen LogP contribution in [-0.2, 0) is 4.84 Å². The van der Waals surface area contributed by atoms with Crippen molar-refractivity contribution in [3.05, 3.63) is 57.7 Å². The van der Waals surface area contributed by atoms with E-state index in [2.05, 4.69) is 31.7 Å². The zero-order valence-corrected chi connectivity index (χ0v) is 15.5. The van der Waals surface area contributed by atoms with Crippen LogP contribution in [0, 0.1) is 5.82 Å². The number of aliphatic hydroxyl groups is 1. The number of carbonyl (C=O) groups excluding carboxylic acids is 1. The van der Waals surface area contributed by atoms with Crippen LogP contribution in [0.25, 0.3) is 5.65 Å². The molecule has 10 heteroatoms. The first kappa shape index (κ1) is 18.6. The molecular formula is C16H13BrClFN4O3. The Balaban J connectivity index is 2.04. The molecule has 0 saturated carbocycles. The summed E-state index contributed by atoms with van der Waals surface area (Å²) in [4.78, 5) is 21.4. The van der Waals surface area contributed by atoms with Gasteiger partial charge < -0.3 is 14.8 Å². The van der Waals surface area contributed by atoms with Crippen molar-refractivity contribution in [3.63, 3.8) is 0 Å².